The highest BCUT2D eigenvalue weighted by Crippen LogP contribution is 2.43. The average molecular weight is 194 g/mol. The molecular weight excluding hydrogens is 172 g/mol. The Kier molecular flexibility index (Phi) is 3.41. The molecule has 1 unspecified atom stereocenters. The molecule has 14 heavy (non-hydrogen) atoms. The third kappa shape index (κ3) is 2.40. The standard InChI is InChI=1S/C13H22O/c1-10-7-6-8-13(3,4)12(10)9-11(2)14-5/h9-10H,2,6-8H2,1,3-5H3/b12-9+. The van der Waals surface area contributed by atoms with E-state index in [0.717, 1.165) is 5.76 Å². The number of hydrogen-bond donors (Lipinski definition) is 0. The van der Waals surface area contributed by atoms with E-state index in [9.17, 15) is 0 Å². The lowest BCUT2D eigenvalue weighted by molar-refractivity contribution is 0.277. The van der Waals surface area contributed by atoms with Gasteiger partial charge in [0.2, 0.25) is 0 Å². The van der Waals surface area contributed by atoms with Crippen LogP contribution in [0.2, 0.25) is 0 Å². The van der Waals surface area contributed by atoms with Gasteiger partial charge in [-0.2, -0.15) is 0 Å². The Morgan fingerprint density at radius 3 is 2.71 bits per heavy atom. The quantitative estimate of drug-likeness (QED) is 0.605. The number of ether oxygens (including phenoxy) is 1. The van der Waals surface area contributed by atoms with Crippen LogP contribution in [0.25, 0.3) is 0 Å². The molecule has 0 spiro atoms. The first-order valence-corrected chi connectivity index (χ1v) is 5.42. The number of rotatable bonds is 2. The normalized spacial score (nSPS) is 28.9. The molecule has 0 heterocycles. The third-order valence-corrected chi connectivity index (χ3v) is 3.33. The van der Waals surface area contributed by atoms with Crippen molar-refractivity contribution in [3.8, 4) is 0 Å². The first-order valence-electron chi connectivity index (χ1n) is 5.42. The molecule has 0 radical (unpaired) electrons. The van der Waals surface area contributed by atoms with Crippen LogP contribution in [0.4, 0.5) is 0 Å². The van der Waals surface area contributed by atoms with Crippen LogP contribution in [0.1, 0.15) is 40.0 Å². The zero-order chi connectivity index (χ0) is 10.8. The molecule has 80 valence electrons. The summed E-state index contributed by atoms with van der Waals surface area (Å²) in [5.41, 5.74) is 1.81. The summed E-state index contributed by atoms with van der Waals surface area (Å²) in [6.07, 6.45) is 6.04. The molecular formula is C13H22O. The van der Waals surface area contributed by atoms with Crippen molar-refractivity contribution >= 4 is 0 Å². The van der Waals surface area contributed by atoms with Crippen molar-refractivity contribution in [1.82, 2.24) is 0 Å². The molecule has 0 aliphatic heterocycles. The maximum atomic E-state index is 5.12. The van der Waals surface area contributed by atoms with Gasteiger partial charge in [-0.25, -0.2) is 0 Å². The molecule has 0 N–H and O–H groups in total. The highest BCUT2D eigenvalue weighted by atomic mass is 16.5. The molecule has 1 aliphatic carbocycles. The monoisotopic (exact) mass is 194 g/mol. The predicted molar refractivity (Wildman–Crippen MR) is 61.0 cm³/mol. The SMILES string of the molecule is C=C(/C=C1\C(C)CCCC1(C)C)OC. The van der Waals surface area contributed by atoms with Gasteiger partial charge >= 0.3 is 0 Å². The van der Waals surface area contributed by atoms with Crippen molar-refractivity contribution in [2.75, 3.05) is 7.11 Å². The maximum Gasteiger partial charge on any atom is 0.111 e. The van der Waals surface area contributed by atoms with Crippen molar-refractivity contribution in [3.63, 3.8) is 0 Å². The number of allylic oxidation sites excluding steroid dienone is 2. The Morgan fingerprint density at radius 2 is 2.21 bits per heavy atom. The van der Waals surface area contributed by atoms with E-state index in [2.05, 4.69) is 33.4 Å². The molecule has 1 nitrogen and oxygen atoms in total. The second-order valence-corrected chi connectivity index (χ2v) is 4.95. The van der Waals surface area contributed by atoms with Crippen LogP contribution >= 0.6 is 0 Å². The van der Waals surface area contributed by atoms with Crippen molar-refractivity contribution in [3.05, 3.63) is 24.0 Å². The van der Waals surface area contributed by atoms with Gasteiger partial charge in [-0.1, -0.05) is 39.3 Å². The number of hydrogen-bond acceptors (Lipinski definition) is 1. The van der Waals surface area contributed by atoms with Crippen molar-refractivity contribution in [1.29, 1.82) is 0 Å². The van der Waals surface area contributed by atoms with Gasteiger partial charge in [0.05, 0.1) is 7.11 Å². The highest BCUT2D eigenvalue weighted by molar-refractivity contribution is 5.24. The van der Waals surface area contributed by atoms with Crippen molar-refractivity contribution < 1.29 is 4.74 Å². The van der Waals surface area contributed by atoms with E-state index in [1.165, 1.54) is 24.8 Å². The van der Waals surface area contributed by atoms with Gasteiger partial charge in [0.1, 0.15) is 5.76 Å². The summed E-state index contributed by atoms with van der Waals surface area (Å²) in [5.74, 6) is 1.45. The molecule has 0 aromatic carbocycles. The molecule has 1 aliphatic rings. The lowest BCUT2D eigenvalue weighted by Crippen LogP contribution is -2.25. The van der Waals surface area contributed by atoms with E-state index in [0.29, 0.717) is 11.3 Å². The molecule has 0 saturated heterocycles. The smallest absolute Gasteiger partial charge is 0.111 e. The molecule has 1 heteroatoms. The molecule has 1 saturated carbocycles. The summed E-state index contributed by atoms with van der Waals surface area (Å²) in [6, 6.07) is 0. The van der Waals surface area contributed by atoms with Gasteiger partial charge in [0.15, 0.2) is 0 Å². The van der Waals surface area contributed by atoms with Crippen molar-refractivity contribution in [2.24, 2.45) is 11.3 Å². The lowest BCUT2D eigenvalue weighted by atomic mass is 9.68. The molecule has 0 bridgehead atoms. The largest absolute Gasteiger partial charge is 0.497 e. The average Bonchev–Trinajstić information content (AvgIpc) is 2.11. The van der Waals surface area contributed by atoms with Crippen LogP contribution in [0.3, 0.4) is 0 Å². The molecule has 0 amide bonds. The minimum Gasteiger partial charge on any atom is -0.497 e. The van der Waals surface area contributed by atoms with Crippen LogP contribution in [0.15, 0.2) is 24.0 Å². The predicted octanol–water partition coefficient (Wildman–Crippen LogP) is 3.92. The fourth-order valence-electron chi connectivity index (χ4n) is 2.39. The Labute approximate surface area is 87.8 Å². The Morgan fingerprint density at radius 1 is 1.57 bits per heavy atom. The zero-order valence-electron chi connectivity index (χ0n) is 9.89. The zero-order valence-corrected chi connectivity index (χ0v) is 9.89. The summed E-state index contributed by atoms with van der Waals surface area (Å²) in [5, 5.41) is 0. The van der Waals surface area contributed by atoms with Crippen LogP contribution in [-0.2, 0) is 4.74 Å². The fourth-order valence-corrected chi connectivity index (χ4v) is 2.39. The van der Waals surface area contributed by atoms with E-state index in [4.69, 9.17) is 4.74 Å². The van der Waals surface area contributed by atoms with E-state index < -0.39 is 0 Å². The molecule has 1 atom stereocenters. The molecule has 1 fully saturated rings. The molecule has 0 aromatic heterocycles. The van der Waals surface area contributed by atoms with Gasteiger partial charge < -0.3 is 4.74 Å². The van der Waals surface area contributed by atoms with Gasteiger partial charge in [-0.15, -0.1) is 0 Å². The van der Waals surface area contributed by atoms with E-state index in [-0.39, 0.29) is 0 Å². The van der Waals surface area contributed by atoms with Gasteiger partial charge in [0.25, 0.3) is 0 Å². The first-order chi connectivity index (χ1) is 6.47. The van der Waals surface area contributed by atoms with Crippen LogP contribution < -0.4 is 0 Å². The lowest BCUT2D eigenvalue weighted by Gasteiger charge is -2.37. The van der Waals surface area contributed by atoms with Crippen LogP contribution in [0, 0.1) is 11.3 Å². The Balaban J connectivity index is 2.90. The summed E-state index contributed by atoms with van der Waals surface area (Å²) in [6.45, 7) is 10.8. The summed E-state index contributed by atoms with van der Waals surface area (Å²) < 4.78 is 5.12. The third-order valence-electron chi connectivity index (χ3n) is 3.33. The minimum atomic E-state index is 0.319. The van der Waals surface area contributed by atoms with Gasteiger partial charge in [-0.05, 0) is 30.3 Å². The minimum absolute atomic E-state index is 0.319. The first kappa shape index (κ1) is 11.4. The second-order valence-electron chi connectivity index (χ2n) is 4.95. The van der Waals surface area contributed by atoms with Gasteiger partial charge in [0, 0.05) is 0 Å². The summed E-state index contributed by atoms with van der Waals surface area (Å²) in [7, 11) is 1.68. The Bertz CT molecular complexity index is 248. The van der Waals surface area contributed by atoms with E-state index in [1.54, 1.807) is 7.11 Å². The Hall–Kier alpha value is -0.720. The highest BCUT2D eigenvalue weighted by Gasteiger charge is 2.30. The summed E-state index contributed by atoms with van der Waals surface area (Å²) >= 11 is 0. The van der Waals surface area contributed by atoms with E-state index >= 15 is 0 Å². The van der Waals surface area contributed by atoms with E-state index in [1.807, 2.05) is 0 Å². The fraction of sp³-hybridized carbons (Fsp3) is 0.692. The van der Waals surface area contributed by atoms with Crippen molar-refractivity contribution in [2.45, 2.75) is 40.0 Å². The summed E-state index contributed by atoms with van der Waals surface area (Å²) in [4.78, 5) is 0. The molecule has 0 aromatic rings. The van der Waals surface area contributed by atoms with Crippen LogP contribution in [0.5, 0.6) is 0 Å². The molecule has 1 rings (SSSR count). The maximum absolute atomic E-state index is 5.12. The topological polar surface area (TPSA) is 9.23 Å². The van der Waals surface area contributed by atoms with Gasteiger partial charge in [-0.3, -0.25) is 0 Å². The van der Waals surface area contributed by atoms with Crippen LogP contribution in [-0.4, -0.2) is 7.11 Å². The second kappa shape index (κ2) is 4.20. The number of methoxy groups -OCH3 is 1.